The lowest BCUT2D eigenvalue weighted by atomic mass is 10.1. The number of rotatable bonds is 5. The third-order valence-electron chi connectivity index (χ3n) is 4.19. The maximum Gasteiger partial charge on any atom is 0.0599 e. The van der Waals surface area contributed by atoms with Crippen LogP contribution in [0.4, 0.5) is 0 Å². The number of aliphatic hydroxyl groups excluding tert-OH is 1. The highest BCUT2D eigenvalue weighted by Gasteiger charge is 2.26. The zero-order chi connectivity index (χ0) is 15.2. The standard InChI is InChI=1S/C17H22N4O/c22-14-17-13-20(11-15-1-5-18-6-2-15)9-10-21(17)12-16-3-7-19-8-4-16/h1-8,17,22H,9-14H2. The predicted molar refractivity (Wildman–Crippen MR) is 85.0 cm³/mol. The van der Waals surface area contributed by atoms with Crippen molar-refractivity contribution in [3.63, 3.8) is 0 Å². The van der Waals surface area contributed by atoms with Crippen molar-refractivity contribution < 1.29 is 5.11 Å². The Kier molecular flexibility index (Phi) is 5.11. The van der Waals surface area contributed by atoms with E-state index in [1.165, 1.54) is 11.1 Å². The van der Waals surface area contributed by atoms with Crippen LogP contribution in [0.5, 0.6) is 0 Å². The first-order valence-corrected chi connectivity index (χ1v) is 7.70. The lowest BCUT2D eigenvalue weighted by Crippen LogP contribution is -2.53. The van der Waals surface area contributed by atoms with Crippen molar-refractivity contribution in [2.45, 2.75) is 19.1 Å². The Morgan fingerprint density at radius 3 is 2.09 bits per heavy atom. The minimum atomic E-state index is 0.184. The molecule has 1 unspecified atom stereocenters. The molecule has 2 aromatic heterocycles. The van der Waals surface area contributed by atoms with E-state index in [2.05, 4.69) is 31.9 Å². The van der Waals surface area contributed by atoms with E-state index >= 15 is 0 Å². The summed E-state index contributed by atoms with van der Waals surface area (Å²) >= 11 is 0. The van der Waals surface area contributed by atoms with Gasteiger partial charge in [-0.25, -0.2) is 0 Å². The monoisotopic (exact) mass is 298 g/mol. The minimum absolute atomic E-state index is 0.184. The summed E-state index contributed by atoms with van der Waals surface area (Å²) in [5.74, 6) is 0. The van der Waals surface area contributed by atoms with Gasteiger partial charge in [-0.1, -0.05) is 0 Å². The van der Waals surface area contributed by atoms with Gasteiger partial charge in [0.05, 0.1) is 6.61 Å². The van der Waals surface area contributed by atoms with E-state index < -0.39 is 0 Å². The second-order valence-corrected chi connectivity index (χ2v) is 5.75. The van der Waals surface area contributed by atoms with E-state index in [-0.39, 0.29) is 12.6 Å². The van der Waals surface area contributed by atoms with Gasteiger partial charge in [-0.05, 0) is 35.4 Å². The van der Waals surface area contributed by atoms with Crippen LogP contribution in [0.3, 0.4) is 0 Å². The fourth-order valence-electron chi connectivity index (χ4n) is 2.95. The van der Waals surface area contributed by atoms with Gasteiger partial charge in [0.1, 0.15) is 0 Å². The Morgan fingerprint density at radius 2 is 1.50 bits per heavy atom. The molecule has 5 nitrogen and oxygen atoms in total. The van der Waals surface area contributed by atoms with Crippen LogP contribution in [0.25, 0.3) is 0 Å². The van der Waals surface area contributed by atoms with E-state index in [0.717, 1.165) is 32.7 Å². The summed E-state index contributed by atoms with van der Waals surface area (Å²) in [7, 11) is 0. The van der Waals surface area contributed by atoms with E-state index in [0.29, 0.717) is 0 Å². The SMILES string of the molecule is OCC1CN(Cc2ccncc2)CCN1Cc1ccncc1. The molecule has 5 heteroatoms. The molecular formula is C17H22N4O. The summed E-state index contributed by atoms with van der Waals surface area (Å²) in [6, 6.07) is 8.37. The highest BCUT2D eigenvalue weighted by molar-refractivity contribution is 5.11. The molecule has 0 aromatic carbocycles. The zero-order valence-corrected chi connectivity index (χ0v) is 12.7. The van der Waals surface area contributed by atoms with Gasteiger partial charge in [-0.15, -0.1) is 0 Å². The summed E-state index contributed by atoms with van der Waals surface area (Å²) in [6.45, 7) is 4.86. The van der Waals surface area contributed by atoms with Crippen molar-refractivity contribution in [2.75, 3.05) is 26.2 Å². The molecule has 1 saturated heterocycles. The molecule has 0 spiro atoms. The number of piperazine rings is 1. The quantitative estimate of drug-likeness (QED) is 0.897. The number of aromatic nitrogens is 2. The smallest absolute Gasteiger partial charge is 0.0599 e. The number of hydrogen-bond acceptors (Lipinski definition) is 5. The van der Waals surface area contributed by atoms with Gasteiger partial charge in [0.2, 0.25) is 0 Å². The van der Waals surface area contributed by atoms with Crippen LogP contribution >= 0.6 is 0 Å². The minimum Gasteiger partial charge on any atom is -0.395 e. The summed E-state index contributed by atoms with van der Waals surface area (Å²) in [6.07, 6.45) is 7.31. The Morgan fingerprint density at radius 1 is 0.909 bits per heavy atom. The second-order valence-electron chi connectivity index (χ2n) is 5.75. The van der Waals surface area contributed by atoms with Crippen LogP contribution < -0.4 is 0 Å². The van der Waals surface area contributed by atoms with Crippen molar-refractivity contribution in [1.82, 2.24) is 19.8 Å². The first kappa shape index (κ1) is 15.1. The summed E-state index contributed by atoms with van der Waals surface area (Å²) in [4.78, 5) is 12.9. The molecule has 2 aromatic rings. The molecule has 3 heterocycles. The molecule has 0 bridgehead atoms. The van der Waals surface area contributed by atoms with E-state index in [1.807, 2.05) is 36.9 Å². The number of nitrogens with zero attached hydrogens (tertiary/aromatic N) is 4. The highest BCUT2D eigenvalue weighted by Crippen LogP contribution is 2.15. The number of hydrogen-bond donors (Lipinski definition) is 1. The van der Waals surface area contributed by atoms with E-state index in [1.54, 1.807) is 0 Å². The van der Waals surface area contributed by atoms with Gasteiger partial charge < -0.3 is 5.11 Å². The molecular weight excluding hydrogens is 276 g/mol. The molecule has 1 fully saturated rings. The van der Waals surface area contributed by atoms with Crippen LogP contribution in [-0.2, 0) is 13.1 Å². The molecule has 1 aliphatic rings. The normalized spacial score (nSPS) is 20.1. The van der Waals surface area contributed by atoms with E-state index in [9.17, 15) is 5.11 Å². The molecule has 0 amide bonds. The Bertz CT molecular complexity index is 563. The predicted octanol–water partition coefficient (Wildman–Crippen LogP) is 1.16. The third kappa shape index (κ3) is 3.88. The van der Waals surface area contributed by atoms with Gasteiger partial charge in [-0.3, -0.25) is 19.8 Å². The third-order valence-corrected chi connectivity index (χ3v) is 4.19. The van der Waals surface area contributed by atoms with Crippen molar-refractivity contribution in [3.05, 3.63) is 60.2 Å². The van der Waals surface area contributed by atoms with Crippen LogP contribution in [0.15, 0.2) is 49.1 Å². The van der Waals surface area contributed by atoms with Crippen LogP contribution in [0.1, 0.15) is 11.1 Å². The Hall–Kier alpha value is -1.82. The Labute approximate surface area is 131 Å². The molecule has 116 valence electrons. The summed E-state index contributed by atoms with van der Waals surface area (Å²) < 4.78 is 0. The van der Waals surface area contributed by atoms with Crippen molar-refractivity contribution >= 4 is 0 Å². The van der Waals surface area contributed by atoms with Crippen LogP contribution in [0, 0.1) is 0 Å². The lowest BCUT2D eigenvalue weighted by Gasteiger charge is -2.40. The first-order chi connectivity index (χ1) is 10.8. The number of aliphatic hydroxyl groups is 1. The molecule has 1 N–H and O–H groups in total. The zero-order valence-electron chi connectivity index (χ0n) is 12.7. The van der Waals surface area contributed by atoms with Crippen molar-refractivity contribution in [3.8, 4) is 0 Å². The molecule has 0 aliphatic carbocycles. The van der Waals surface area contributed by atoms with E-state index in [4.69, 9.17) is 0 Å². The average molecular weight is 298 g/mol. The topological polar surface area (TPSA) is 52.5 Å². The van der Waals surface area contributed by atoms with Crippen LogP contribution in [-0.4, -0.2) is 57.2 Å². The van der Waals surface area contributed by atoms with Gasteiger partial charge >= 0.3 is 0 Å². The van der Waals surface area contributed by atoms with Gasteiger partial charge in [-0.2, -0.15) is 0 Å². The molecule has 1 atom stereocenters. The second kappa shape index (κ2) is 7.45. The largest absolute Gasteiger partial charge is 0.395 e. The molecule has 0 radical (unpaired) electrons. The molecule has 0 saturated carbocycles. The fraction of sp³-hybridized carbons (Fsp3) is 0.412. The molecule has 3 rings (SSSR count). The molecule has 22 heavy (non-hydrogen) atoms. The lowest BCUT2D eigenvalue weighted by molar-refractivity contribution is 0.0316. The average Bonchev–Trinajstić information content (AvgIpc) is 2.58. The molecule has 1 aliphatic heterocycles. The fourth-order valence-corrected chi connectivity index (χ4v) is 2.95. The number of pyridine rings is 2. The maximum absolute atomic E-state index is 9.73. The van der Waals surface area contributed by atoms with Gasteiger partial charge in [0.25, 0.3) is 0 Å². The van der Waals surface area contributed by atoms with Crippen molar-refractivity contribution in [1.29, 1.82) is 0 Å². The van der Waals surface area contributed by atoms with Crippen LogP contribution in [0.2, 0.25) is 0 Å². The summed E-state index contributed by atoms with van der Waals surface area (Å²) in [5.41, 5.74) is 2.52. The van der Waals surface area contributed by atoms with Crippen molar-refractivity contribution in [2.24, 2.45) is 0 Å². The van der Waals surface area contributed by atoms with Gasteiger partial charge in [0, 0.05) is 63.6 Å². The maximum atomic E-state index is 9.73. The Balaban J connectivity index is 1.59. The first-order valence-electron chi connectivity index (χ1n) is 7.70. The highest BCUT2D eigenvalue weighted by atomic mass is 16.3. The van der Waals surface area contributed by atoms with Gasteiger partial charge in [0.15, 0.2) is 0 Å². The summed E-state index contributed by atoms with van der Waals surface area (Å²) in [5, 5.41) is 9.73.